The SMILES string of the molecule is CSNc1cc(NC(=O)C(Cc2ccccc2)NC(=O)OC(C)(C)C)cc(-c2ccnc(C)c2)c1. The molecule has 1 aromatic heterocycles. The lowest BCUT2D eigenvalue weighted by atomic mass is 10.0. The van der Waals surface area contributed by atoms with E-state index in [1.165, 1.54) is 11.9 Å². The summed E-state index contributed by atoms with van der Waals surface area (Å²) in [5, 5.41) is 5.71. The van der Waals surface area contributed by atoms with E-state index in [9.17, 15) is 9.59 Å². The molecule has 0 bridgehead atoms. The molecule has 3 rings (SSSR count). The molecular formula is C27H32N4O3S. The smallest absolute Gasteiger partial charge is 0.408 e. The first-order chi connectivity index (χ1) is 16.6. The molecule has 2 aromatic carbocycles. The summed E-state index contributed by atoms with van der Waals surface area (Å²) in [6, 6.07) is 18.4. The summed E-state index contributed by atoms with van der Waals surface area (Å²) >= 11 is 1.46. The fraction of sp³-hybridized carbons (Fsp3) is 0.296. The quantitative estimate of drug-likeness (QED) is 0.343. The van der Waals surface area contributed by atoms with Crippen LogP contribution in [0.2, 0.25) is 0 Å². The number of carbonyl (C=O) groups excluding carboxylic acids is 2. The van der Waals surface area contributed by atoms with Crippen LogP contribution in [0.15, 0.2) is 66.9 Å². The van der Waals surface area contributed by atoms with Crippen LogP contribution >= 0.6 is 11.9 Å². The van der Waals surface area contributed by atoms with Gasteiger partial charge in [-0.25, -0.2) is 4.79 Å². The Labute approximate surface area is 211 Å². The van der Waals surface area contributed by atoms with Gasteiger partial charge in [0.05, 0.1) is 0 Å². The van der Waals surface area contributed by atoms with Crippen molar-refractivity contribution >= 4 is 35.3 Å². The topological polar surface area (TPSA) is 92.3 Å². The summed E-state index contributed by atoms with van der Waals surface area (Å²) < 4.78 is 8.63. The Bertz CT molecular complexity index is 1160. The molecule has 0 saturated carbocycles. The number of pyridine rings is 1. The zero-order valence-corrected chi connectivity index (χ0v) is 21.5. The molecule has 0 radical (unpaired) electrons. The number of aryl methyl sites for hydroxylation is 1. The van der Waals surface area contributed by atoms with Gasteiger partial charge in [0.15, 0.2) is 0 Å². The number of aromatic nitrogens is 1. The van der Waals surface area contributed by atoms with Crippen molar-refractivity contribution in [3.8, 4) is 11.1 Å². The number of rotatable bonds is 8. The Morgan fingerprint density at radius 2 is 1.71 bits per heavy atom. The van der Waals surface area contributed by atoms with Gasteiger partial charge in [0, 0.05) is 35.9 Å². The second-order valence-corrected chi connectivity index (χ2v) is 9.78. The summed E-state index contributed by atoms with van der Waals surface area (Å²) in [4.78, 5) is 30.1. The maximum Gasteiger partial charge on any atom is 0.408 e. The molecule has 0 fully saturated rings. The van der Waals surface area contributed by atoms with Gasteiger partial charge in [-0.15, -0.1) is 0 Å². The number of hydrogen-bond donors (Lipinski definition) is 3. The highest BCUT2D eigenvalue weighted by atomic mass is 32.2. The van der Waals surface area contributed by atoms with Crippen molar-refractivity contribution in [1.29, 1.82) is 0 Å². The highest BCUT2D eigenvalue weighted by molar-refractivity contribution is 7.99. The summed E-state index contributed by atoms with van der Waals surface area (Å²) in [6.45, 7) is 7.29. The van der Waals surface area contributed by atoms with Crippen molar-refractivity contribution in [2.75, 3.05) is 16.3 Å². The number of nitrogens with zero attached hydrogens (tertiary/aromatic N) is 1. The van der Waals surface area contributed by atoms with Gasteiger partial charge in [-0.3, -0.25) is 9.78 Å². The Hall–Kier alpha value is -3.52. The van der Waals surface area contributed by atoms with Crippen LogP contribution in [0, 0.1) is 6.92 Å². The molecule has 1 heterocycles. The molecule has 7 nitrogen and oxygen atoms in total. The van der Waals surface area contributed by atoms with E-state index in [4.69, 9.17) is 4.74 Å². The van der Waals surface area contributed by atoms with E-state index in [1.54, 1.807) is 27.0 Å². The van der Waals surface area contributed by atoms with Crippen LogP contribution < -0.4 is 15.4 Å². The van der Waals surface area contributed by atoms with E-state index in [0.717, 1.165) is 28.1 Å². The highest BCUT2D eigenvalue weighted by Crippen LogP contribution is 2.29. The summed E-state index contributed by atoms with van der Waals surface area (Å²) in [6.07, 6.45) is 3.38. The van der Waals surface area contributed by atoms with Crippen molar-refractivity contribution in [2.45, 2.75) is 45.8 Å². The van der Waals surface area contributed by atoms with Crippen LogP contribution in [0.4, 0.5) is 16.2 Å². The number of ether oxygens (including phenoxy) is 1. The molecule has 3 N–H and O–H groups in total. The molecular weight excluding hydrogens is 460 g/mol. The van der Waals surface area contributed by atoms with Crippen LogP contribution in [0.25, 0.3) is 11.1 Å². The fourth-order valence-electron chi connectivity index (χ4n) is 3.51. The largest absolute Gasteiger partial charge is 0.444 e. The van der Waals surface area contributed by atoms with E-state index in [-0.39, 0.29) is 5.91 Å². The first-order valence-electron chi connectivity index (χ1n) is 11.3. The van der Waals surface area contributed by atoms with Crippen molar-refractivity contribution < 1.29 is 14.3 Å². The van der Waals surface area contributed by atoms with Gasteiger partial charge in [-0.1, -0.05) is 42.3 Å². The van der Waals surface area contributed by atoms with E-state index in [0.29, 0.717) is 12.1 Å². The molecule has 184 valence electrons. The Kier molecular flexibility index (Phi) is 8.76. The second-order valence-electron chi connectivity index (χ2n) is 9.17. The van der Waals surface area contributed by atoms with E-state index in [2.05, 4.69) is 20.3 Å². The lowest BCUT2D eigenvalue weighted by Gasteiger charge is -2.23. The minimum atomic E-state index is -0.823. The summed E-state index contributed by atoms with van der Waals surface area (Å²) in [7, 11) is 0. The molecule has 1 unspecified atom stereocenters. The fourth-order valence-corrected chi connectivity index (χ4v) is 3.86. The predicted molar refractivity (Wildman–Crippen MR) is 143 cm³/mol. The van der Waals surface area contributed by atoms with E-state index >= 15 is 0 Å². The third-order valence-corrected chi connectivity index (χ3v) is 5.38. The van der Waals surface area contributed by atoms with Gasteiger partial charge in [0.1, 0.15) is 11.6 Å². The van der Waals surface area contributed by atoms with Gasteiger partial charge >= 0.3 is 6.09 Å². The normalized spacial score (nSPS) is 11.9. The second kappa shape index (κ2) is 11.8. The molecule has 0 aliphatic carbocycles. The van der Waals surface area contributed by atoms with Crippen LogP contribution in [-0.2, 0) is 16.0 Å². The number of amides is 2. The molecule has 3 aromatic rings. The molecule has 8 heteroatoms. The minimum absolute atomic E-state index is 0.324. The number of nitrogens with one attached hydrogen (secondary N) is 3. The Morgan fingerprint density at radius 1 is 1.00 bits per heavy atom. The third-order valence-electron chi connectivity index (χ3n) is 4.94. The first-order valence-corrected chi connectivity index (χ1v) is 12.6. The summed E-state index contributed by atoms with van der Waals surface area (Å²) in [5.41, 5.74) is 4.54. The first kappa shape index (κ1) is 26.1. The van der Waals surface area contributed by atoms with E-state index < -0.39 is 17.7 Å². The third kappa shape index (κ3) is 8.33. The lowest BCUT2D eigenvalue weighted by molar-refractivity contribution is -0.118. The van der Waals surface area contributed by atoms with Gasteiger partial charge in [-0.2, -0.15) is 0 Å². The number of anilines is 2. The average molecular weight is 493 g/mol. The van der Waals surface area contributed by atoms with Gasteiger partial charge in [0.25, 0.3) is 0 Å². The van der Waals surface area contributed by atoms with Crippen molar-refractivity contribution in [3.05, 3.63) is 78.1 Å². The maximum absolute atomic E-state index is 13.4. The summed E-state index contributed by atoms with van der Waals surface area (Å²) in [5.74, 6) is -0.335. The molecule has 0 saturated heterocycles. The maximum atomic E-state index is 13.4. The highest BCUT2D eigenvalue weighted by Gasteiger charge is 2.25. The zero-order chi connectivity index (χ0) is 25.4. The van der Waals surface area contributed by atoms with E-state index in [1.807, 2.05) is 73.8 Å². The standard InChI is InChI=1S/C27H32N4O3S/c1-18-13-20(11-12-28-18)21-15-22(17-23(16-21)31-35-5)29-25(32)24(14-19-9-7-6-8-10-19)30-26(33)34-27(2,3)4/h6-13,15-17,24,31H,14H2,1-5H3,(H,29,32)(H,30,33). The van der Waals surface area contributed by atoms with Crippen LogP contribution in [0.5, 0.6) is 0 Å². The molecule has 0 spiro atoms. The molecule has 1 atom stereocenters. The number of alkyl carbamates (subject to hydrolysis) is 1. The molecule has 35 heavy (non-hydrogen) atoms. The molecule has 2 amide bonds. The van der Waals surface area contributed by atoms with Gasteiger partial charge < -0.3 is 20.1 Å². The van der Waals surface area contributed by atoms with Crippen molar-refractivity contribution in [3.63, 3.8) is 0 Å². The van der Waals surface area contributed by atoms with Gasteiger partial charge in [0.2, 0.25) is 5.91 Å². The Morgan fingerprint density at radius 3 is 2.37 bits per heavy atom. The van der Waals surface area contributed by atoms with Crippen LogP contribution in [-0.4, -0.2) is 34.9 Å². The predicted octanol–water partition coefficient (Wildman–Crippen LogP) is 5.82. The van der Waals surface area contributed by atoms with Crippen LogP contribution in [0.3, 0.4) is 0 Å². The van der Waals surface area contributed by atoms with Crippen LogP contribution in [0.1, 0.15) is 32.0 Å². The van der Waals surface area contributed by atoms with Crippen molar-refractivity contribution in [2.24, 2.45) is 0 Å². The lowest BCUT2D eigenvalue weighted by Crippen LogP contribution is -2.47. The Balaban J connectivity index is 1.87. The number of hydrogen-bond acceptors (Lipinski definition) is 6. The van der Waals surface area contributed by atoms with Gasteiger partial charge in [-0.05, 0) is 74.7 Å². The molecule has 0 aliphatic rings. The number of carbonyl (C=O) groups is 2. The average Bonchev–Trinajstić information content (AvgIpc) is 2.78. The van der Waals surface area contributed by atoms with Crippen molar-refractivity contribution in [1.82, 2.24) is 10.3 Å². The monoisotopic (exact) mass is 492 g/mol. The molecule has 0 aliphatic heterocycles. The minimum Gasteiger partial charge on any atom is -0.444 e. The zero-order valence-electron chi connectivity index (χ0n) is 20.7. The number of benzene rings is 2.